The molecule has 142 valence electrons. The molecular formula is C18H22N6O2S. The zero-order valence-corrected chi connectivity index (χ0v) is 16.0. The van der Waals surface area contributed by atoms with Crippen LogP contribution >= 0.6 is 11.3 Å². The van der Waals surface area contributed by atoms with Gasteiger partial charge in [0.1, 0.15) is 0 Å². The van der Waals surface area contributed by atoms with Crippen molar-refractivity contribution >= 4 is 39.3 Å². The van der Waals surface area contributed by atoms with Crippen LogP contribution in [0.3, 0.4) is 0 Å². The van der Waals surface area contributed by atoms with Gasteiger partial charge in [0.2, 0.25) is 0 Å². The van der Waals surface area contributed by atoms with Gasteiger partial charge in [-0.25, -0.2) is 14.8 Å². The number of aromatic nitrogens is 4. The molecule has 27 heavy (non-hydrogen) atoms. The number of rotatable bonds is 6. The highest BCUT2D eigenvalue weighted by Gasteiger charge is 2.32. The summed E-state index contributed by atoms with van der Waals surface area (Å²) in [7, 11) is 0. The zero-order chi connectivity index (χ0) is 18.8. The third kappa shape index (κ3) is 4.02. The quantitative estimate of drug-likeness (QED) is 0.595. The monoisotopic (exact) mass is 386 g/mol. The molecule has 4 rings (SSSR count). The highest BCUT2D eigenvalue weighted by atomic mass is 32.1. The van der Waals surface area contributed by atoms with Crippen molar-refractivity contribution < 1.29 is 9.53 Å². The van der Waals surface area contributed by atoms with Crippen LogP contribution in [0.15, 0.2) is 23.8 Å². The highest BCUT2D eigenvalue weighted by Crippen LogP contribution is 2.41. The number of carbonyl (C=O) groups excluding carboxylic acids is 1. The lowest BCUT2D eigenvalue weighted by Crippen LogP contribution is -2.34. The fourth-order valence-corrected chi connectivity index (χ4v) is 3.94. The minimum absolute atomic E-state index is 0.0906. The van der Waals surface area contributed by atoms with Gasteiger partial charge in [0.15, 0.2) is 11.6 Å². The molecule has 3 heterocycles. The van der Waals surface area contributed by atoms with Gasteiger partial charge in [-0.3, -0.25) is 5.10 Å². The molecule has 1 aliphatic rings. The molecule has 3 aromatic heterocycles. The number of fused-ring (bicyclic) bond motifs is 1. The number of anilines is 2. The number of hydrogen-bond acceptors (Lipinski definition) is 7. The minimum Gasteiger partial charge on any atom is -0.449 e. The lowest BCUT2D eigenvalue weighted by atomic mass is 9.74. The summed E-state index contributed by atoms with van der Waals surface area (Å²) in [6.07, 6.45) is 3.37. The Hall–Kier alpha value is -2.68. The maximum Gasteiger partial charge on any atom is 0.407 e. The molecule has 0 saturated heterocycles. The number of alkyl carbamates (subject to hydrolysis) is 1. The molecule has 1 fully saturated rings. The third-order valence-electron chi connectivity index (χ3n) is 4.62. The van der Waals surface area contributed by atoms with Crippen LogP contribution in [0.4, 0.5) is 16.4 Å². The molecule has 1 aliphatic carbocycles. The topological polar surface area (TPSA) is 105 Å². The van der Waals surface area contributed by atoms with Gasteiger partial charge in [-0.15, -0.1) is 11.3 Å². The van der Waals surface area contributed by atoms with Gasteiger partial charge in [0.05, 0.1) is 22.3 Å². The SMILES string of the molecule is CC(C)NC(=O)OC[C@H]1C[C@H](c2cc(Nc3nccc4ncsc34)n[nH]2)C1. The van der Waals surface area contributed by atoms with E-state index in [9.17, 15) is 4.79 Å². The minimum atomic E-state index is -0.341. The van der Waals surface area contributed by atoms with Gasteiger partial charge in [-0.1, -0.05) is 0 Å². The van der Waals surface area contributed by atoms with Crippen molar-refractivity contribution in [1.82, 2.24) is 25.5 Å². The van der Waals surface area contributed by atoms with Gasteiger partial charge >= 0.3 is 6.09 Å². The first-order chi connectivity index (χ1) is 13.1. The fraction of sp³-hybridized carbons (Fsp3) is 0.444. The number of thiazole rings is 1. The molecule has 8 nitrogen and oxygen atoms in total. The first-order valence-corrected chi connectivity index (χ1v) is 9.90. The summed E-state index contributed by atoms with van der Waals surface area (Å²) in [5.41, 5.74) is 3.83. The molecular weight excluding hydrogens is 364 g/mol. The second kappa shape index (κ2) is 7.51. The normalized spacial score (nSPS) is 19.1. The maximum atomic E-state index is 11.5. The Kier molecular flexibility index (Phi) is 4.93. The largest absolute Gasteiger partial charge is 0.449 e. The van der Waals surface area contributed by atoms with Gasteiger partial charge in [0.25, 0.3) is 0 Å². The predicted molar refractivity (Wildman–Crippen MR) is 104 cm³/mol. The molecule has 0 spiro atoms. The van der Waals surface area contributed by atoms with Crippen molar-refractivity contribution in [1.29, 1.82) is 0 Å². The summed E-state index contributed by atoms with van der Waals surface area (Å²) in [6, 6.07) is 4.01. The molecule has 0 radical (unpaired) electrons. The Morgan fingerprint density at radius 2 is 2.26 bits per heavy atom. The summed E-state index contributed by atoms with van der Waals surface area (Å²) in [5, 5.41) is 13.5. The Bertz CT molecular complexity index is 931. The summed E-state index contributed by atoms with van der Waals surface area (Å²) in [4.78, 5) is 20.2. The fourth-order valence-electron chi connectivity index (χ4n) is 3.21. The number of nitrogens with one attached hydrogen (secondary N) is 3. The molecule has 0 atom stereocenters. The van der Waals surface area contributed by atoms with Crippen molar-refractivity contribution in [3.63, 3.8) is 0 Å². The van der Waals surface area contributed by atoms with Gasteiger partial charge in [0, 0.05) is 29.9 Å². The van der Waals surface area contributed by atoms with Gasteiger partial charge < -0.3 is 15.4 Å². The third-order valence-corrected chi connectivity index (χ3v) is 5.47. The highest BCUT2D eigenvalue weighted by molar-refractivity contribution is 7.17. The van der Waals surface area contributed by atoms with Crippen molar-refractivity contribution in [3.05, 3.63) is 29.5 Å². The molecule has 3 aromatic rings. The average Bonchev–Trinajstić information content (AvgIpc) is 3.22. The lowest BCUT2D eigenvalue weighted by molar-refractivity contribution is 0.0924. The van der Waals surface area contributed by atoms with E-state index in [4.69, 9.17) is 4.74 Å². The number of hydrogen-bond donors (Lipinski definition) is 3. The zero-order valence-electron chi connectivity index (χ0n) is 15.2. The van der Waals surface area contributed by atoms with Crippen molar-refractivity contribution in [2.45, 2.75) is 38.6 Å². The summed E-state index contributed by atoms with van der Waals surface area (Å²) in [5.74, 6) is 2.33. The summed E-state index contributed by atoms with van der Waals surface area (Å²) in [6.45, 7) is 4.29. The first-order valence-electron chi connectivity index (χ1n) is 9.02. The van der Waals surface area contributed by atoms with Gasteiger partial charge in [-0.05, 0) is 38.7 Å². The molecule has 0 aromatic carbocycles. The number of ether oxygens (including phenoxy) is 1. The molecule has 0 aliphatic heterocycles. The molecule has 1 amide bonds. The Balaban J connectivity index is 1.29. The molecule has 3 N–H and O–H groups in total. The smallest absolute Gasteiger partial charge is 0.407 e. The van der Waals surface area contributed by atoms with E-state index >= 15 is 0 Å². The van der Waals surface area contributed by atoms with Crippen molar-refractivity contribution in [2.75, 3.05) is 11.9 Å². The number of pyridine rings is 1. The van der Waals surface area contributed by atoms with E-state index < -0.39 is 0 Å². The number of aromatic amines is 1. The molecule has 0 unspecified atom stereocenters. The van der Waals surface area contributed by atoms with E-state index in [0.29, 0.717) is 18.4 Å². The standard InChI is InChI=1S/C18H22N6O2S/c1-10(2)21-18(25)26-8-11-5-12(6-11)14-7-15(24-23-14)22-17-16-13(3-4-19-17)20-9-27-16/h3-4,7,9-12H,5-6,8H2,1-2H3,(H,21,25)(H2,19,22,23,24)/t11-,12-. The van der Waals surface area contributed by atoms with Crippen LogP contribution in [-0.4, -0.2) is 38.9 Å². The molecule has 1 saturated carbocycles. The van der Waals surface area contributed by atoms with E-state index in [1.54, 1.807) is 17.5 Å². The van der Waals surface area contributed by atoms with E-state index in [-0.39, 0.29) is 12.1 Å². The van der Waals surface area contributed by atoms with Gasteiger partial charge in [-0.2, -0.15) is 5.10 Å². The Morgan fingerprint density at radius 3 is 3.07 bits per heavy atom. The van der Waals surface area contributed by atoms with Crippen LogP contribution in [0.5, 0.6) is 0 Å². The average molecular weight is 386 g/mol. The summed E-state index contributed by atoms with van der Waals surface area (Å²) < 4.78 is 6.27. The van der Waals surface area contributed by atoms with E-state index in [2.05, 4.69) is 30.8 Å². The summed E-state index contributed by atoms with van der Waals surface area (Å²) >= 11 is 1.55. The van der Waals surface area contributed by atoms with Crippen LogP contribution in [-0.2, 0) is 4.74 Å². The number of H-pyrrole nitrogens is 1. The number of carbonyl (C=O) groups is 1. The van der Waals surface area contributed by atoms with E-state index in [1.807, 2.05) is 31.5 Å². The van der Waals surface area contributed by atoms with Crippen LogP contribution in [0.1, 0.15) is 38.3 Å². The van der Waals surface area contributed by atoms with E-state index in [0.717, 1.165) is 40.4 Å². The van der Waals surface area contributed by atoms with E-state index in [1.165, 1.54) is 0 Å². The molecule has 0 bridgehead atoms. The number of amides is 1. The second-order valence-corrected chi connectivity index (χ2v) is 7.98. The lowest BCUT2D eigenvalue weighted by Gasteiger charge is -2.34. The maximum absolute atomic E-state index is 11.5. The van der Waals surface area contributed by atoms with Crippen LogP contribution in [0, 0.1) is 5.92 Å². The van der Waals surface area contributed by atoms with Crippen molar-refractivity contribution in [3.8, 4) is 0 Å². The van der Waals surface area contributed by atoms with Crippen LogP contribution in [0.2, 0.25) is 0 Å². The Morgan fingerprint density at radius 1 is 1.41 bits per heavy atom. The first kappa shape index (κ1) is 17.7. The predicted octanol–water partition coefficient (Wildman–Crippen LogP) is 3.79. The number of nitrogens with zero attached hydrogens (tertiary/aromatic N) is 3. The van der Waals surface area contributed by atoms with Crippen LogP contribution < -0.4 is 10.6 Å². The molecule has 9 heteroatoms. The van der Waals surface area contributed by atoms with Crippen LogP contribution in [0.25, 0.3) is 10.2 Å². The van der Waals surface area contributed by atoms with Crippen molar-refractivity contribution in [2.24, 2.45) is 5.92 Å². The Labute approximate surface area is 160 Å². The second-order valence-electron chi connectivity index (χ2n) is 7.13.